The number of likely N-dealkylation sites (tertiary alicyclic amines) is 1. The van der Waals surface area contributed by atoms with E-state index in [4.69, 9.17) is 5.11 Å². The highest BCUT2D eigenvalue weighted by Crippen LogP contribution is 2.18. The van der Waals surface area contributed by atoms with Gasteiger partial charge in [-0.2, -0.15) is 11.3 Å². The molecular weight excluding hydrogens is 328 g/mol. The van der Waals surface area contributed by atoms with Gasteiger partial charge in [-0.3, -0.25) is 14.4 Å². The smallest absolute Gasteiger partial charge is 0.323 e. The van der Waals surface area contributed by atoms with Crippen molar-refractivity contribution in [2.75, 3.05) is 19.6 Å². The van der Waals surface area contributed by atoms with Gasteiger partial charge < -0.3 is 14.9 Å². The summed E-state index contributed by atoms with van der Waals surface area (Å²) in [7, 11) is 0. The molecule has 0 spiro atoms. The van der Waals surface area contributed by atoms with Crippen molar-refractivity contribution in [3.05, 3.63) is 22.4 Å². The van der Waals surface area contributed by atoms with E-state index in [9.17, 15) is 14.4 Å². The van der Waals surface area contributed by atoms with E-state index < -0.39 is 5.97 Å². The summed E-state index contributed by atoms with van der Waals surface area (Å²) in [6.07, 6.45) is 3.41. The van der Waals surface area contributed by atoms with E-state index in [-0.39, 0.29) is 24.4 Å². The predicted molar refractivity (Wildman–Crippen MR) is 91.9 cm³/mol. The summed E-state index contributed by atoms with van der Waals surface area (Å²) in [4.78, 5) is 38.3. The number of carbonyl (C=O) groups is 3. The number of carboxylic acid groups (broad SMARTS) is 1. The zero-order valence-corrected chi connectivity index (χ0v) is 14.8. The molecular formula is C17H24N2O4S. The summed E-state index contributed by atoms with van der Waals surface area (Å²) in [5.41, 5.74) is 1.19. The van der Waals surface area contributed by atoms with Gasteiger partial charge in [-0.1, -0.05) is 0 Å². The molecule has 2 rings (SSSR count). The van der Waals surface area contributed by atoms with Crippen LogP contribution in [0, 0.1) is 0 Å². The molecule has 0 aliphatic carbocycles. The van der Waals surface area contributed by atoms with E-state index in [0.29, 0.717) is 25.9 Å². The summed E-state index contributed by atoms with van der Waals surface area (Å²) in [5, 5.41) is 13.0. The molecule has 0 aromatic carbocycles. The number of amides is 2. The Morgan fingerprint density at radius 2 is 2.12 bits per heavy atom. The second kappa shape index (κ2) is 8.82. The molecule has 0 radical (unpaired) electrons. The second-order valence-corrected chi connectivity index (χ2v) is 6.92. The first-order valence-electron chi connectivity index (χ1n) is 8.25. The van der Waals surface area contributed by atoms with Crippen LogP contribution in [0.25, 0.3) is 0 Å². The predicted octanol–water partition coefficient (Wildman–Crippen LogP) is 1.99. The number of hydrogen-bond acceptors (Lipinski definition) is 4. The quantitative estimate of drug-likeness (QED) is 0.849. The van der Waals surface area contributed by atoms with Crippen LogP contribution >= 0.6 is 11.3 Å². The van der Waals surface area contributed by atoms with Crippen LogP contribution in [-0.2, 0) is 20.8 Å². The minimum absolute atomic E-state index is 0.103. The zero-order chi connectivity index (χ0) is 17.5. The third-order valence-corrected chi connectivity index (χ3v) is 5.14. The number of hydrogen-bond donors (Lipinski definition) is 1. The maximum absolute atomic E-state index is 12.4. The van der Waals surface area contributed by atoms with Crippen LogP contribution in [0.5, 0.6) is 0 Å². The minimum atomic E-state index is -1.00. The first-order valence-corrected chi connectivity index (χ1v) is 9.19. The van der Waals surface area contributed by atoms with Gasteiger partial charge >= 0.3 is 5.97 Å². The fraction of sp³-hybridized carbons (Fsp3) is 0.588. The van der Waals surface area contributed by atoms with Gasteiger partial charge in [0.2, 0.25) is 11.8 Å². The van der Waals surface area contributed by atoms with Crippen molar-refractivity contribution in [3.63, 3.8) is 0 Å². The van der Waals surface area contributed by atoms with Gasteiger partial charge in [0.1, 0.15) is 6.54 Å². The molecule has 1 aliphatic rings. The minimum Gasteiger partial charge on any atom is -0.480 e. The van der Waals surface area contributed by atoms with Gasteiger partial charge in [-0.25, -0.2) is 0 Å². The summed E-state index contributed by atoms with van der Waals surface area (Å²) >= 11 is 1.63. The second-order valence-electron chi connectivity index (χ2n) is 6.14. The Labute approximate surface area is 146 Å². The first kappa shape index (κ1) is 18.4. The number of thiophene rings is 1. The Morgan fingerprint density at radius 1 is 1.33 bits per heavy atom. The monoisotopic (exact) mass is 352 g/mol. The Hall–Kier alpha value is -1.89. The van der Waals surface area contributed by atoms with Crippen molar-refractivity contribution in [3.8, 4) is 0 Å². The fourth-order valence-electron chi connectivity index (χ4n) is 3.13. The maximum Gasteiger partial charge on any atom is 0.323 e. The number of aryl methyl sites for hydroxylation is 1. The topological polar surface area (TPSA) is 77.9 Å². The van der Waals surface area contributed by atoms with E-state index in [1.165, 1.54) is 17.4 Å². The van der Waals surface area contributed by atoms with Gasteiger partial charge in [0.05, 0.1) is 0 Å². The van der Waals surface area contributed by atoms with Crippen molar-refractivity contribution in [2.45, 2.75) is 45.1 Å². The van der Waals surface area contributed by atoms with Gasteiger partial charge in [-0.15, -0.1) is 0 Å². The lowest BCUT2D eigenvalue weighted by molar-refractivity contribution is -0.145. The van der Waals surface area contributed by atoms with Crippen molar-refractivity contribution >= 4 is 29.1 Å². The van der Waals surface area contributed by atoms with Crippen molar-refractivity contribution in [1.82, 2.24) is 9.80 Å². The Morgan fingerprint density at radius 3 is 2.75 bits per heavy atom. The SMILES string of the molecule is CC(=O)N(CC(=O)O)C1CCCN(C(=O)CCc2ccsc2)CC1. The molecule has 7 heteroatoms. The van der Waals surface area contributed by atoms with Crippen molar-refractivity contribution in [1.29, 1.82) is 0 Å². The number of carbonyl (C=O) groups excluding carboxylic acids is 2. The molecule has 2 heterocycles. The normalized spacial score (nSPS) is 18.0. The lowest BCUT2D eigenvalue weighted by Crippen LogP contribution is -2.43. The van der Waals surface area contributed by atoms with Crippen molar-refractivity contribution in [2.24, 2.45) is 0 Å². The van der Waals surface area contributed by atoms with Crippen molar-refractivity contribution < 1.29 is 19.5 Å². The lowest BCUT2D eigenvalue weighted by atomic mass is 10.1. The van der Waals surface area contributed by atoms with E-state index in [2.05, 4.69) is 5.38 Å². The molecule has 1 N–H and O–H groups in total. The standard InChI is InChI=1S/C17H24N2O4S/c1-13(20)19(11-17(22)23)15-3-2-8-18(9-6-15)16(21)5-4-14-7-10-24-12-14/h7,10,12,15H,2-6,8-9,11H2,1H3,(H,22,23). The molecule has 0 saturated carbocycles. The lowest BCUT2D eigenvalue weighted by Gasteiger charge is -2.28. The third kappa shape index (κ3) is 5.33. The highest BCUT2D eigenvalue weighted by Gasteiger charge is 2.27. The maximum atomic E-state index is 12.4. The van der Waals surface area contributed by atoms with Crippen LogP contribution in [0.2, 0.25) is 0 Å². The van der Waals surface area contributed by atoms with E-state index in [1.807, 2.05) is 16.3 Å². The highest BCUT2D eigenvalue weighted by atomic mass is 32.1. The average Bonchev–Trinajstić information content (AvgIpc) is 2.93. The largest absolute Gasteiger partial charge is 0.480 e. The zero-order valence-electron chi connectivity index (χ0n) is 13.9. The summed E-state index contributed by atoms with van der Waals surface area (Å²) in [5.74, 6) is -1.09. The molecule has 132 valence electrons. The van der Waals surface area contributed by atoms with Crippen LogP contribution in [-0.4, -0.2) is 58.4 Å². The van der Waals surface area contributed by atoms with Crippen LogP contribution in [0.3, 0.4) is 0 Å². The molecule has 1 fully saturated rings. The van der Waals surface area contributed by atoms with Gasteiger partial charge in [0, 0.05) is 32.5 Å². The molecule has 1 aliphatic heterocycles. The number of nitrogens with zero attached hydrogens (tertiary/aromatic N) is 2. The van der Waals surface area contributed by atoms with E-state index in [0.717, 1.165) is 19.3 Å². The summed E-state index contributed by atoms with van der Waals surface area (Å²) < 4.78 is 0. The Kier molecular flexibility index (Phi) is 6.78. The van der Waals surface area contributed by atoms with Crippen LogP contribution < -0.4 is 0 Å². The van der Waals surface area contributed by atoms with Gasteiger partial charge in [0.25, 0.3) is 0 Å². The molecule has 1 aromatic rings. The van der Waals surface area contributed by atoms with E-state index in [1.54, 1.807) is 11.3 Å². The Balaban J connectivity index is 1.87. The summed E-state index contributed by atoms with van der Waals surface area (Å²) in [6, 6.07) is 1.93. The van der Waals surface area contributed by atoms with Crippen LogP contribution in [0.15, 0.2) is 16.8 Å². The molecule has 6 nitrogen and oxygen atoms in total. The number of aliphatic carboxylic acids is 1. The molecule has 1 saturated heterocycles. The van der Waals surface area contributed by atoms with Crippen LogP contribution in [0.1, 0.15) is 38.2 Å². The van der Waals surface area contributed by atoms with Crippen LogP contribution in [0.4, 0.5) is 0 Å². The highest BCUT2D eigenvalue weighted by molar-refractivity contribution is 7.07. The fourth-order valence-corrected chi connectivity index (χ4v) is 3.83. The third-order valence-electron chi connectivity index (χ3n) is 4.41. The molecule has 0 bridgehead atoms. The number of carboxylic acids is 1. The average molecular weight is 352 g/mol. The Bertz CT molecular complexity index is 573. The molecule has 1 unspecified atom stereocenters. The summed E-state index contributed by atoms with van der Waals surface area (Å²) in [6.45, 7) is 2.39. The van der Waals surface area contributed by atoms with E-state index >= 15 is 0 Å². The molecule has 24 heavy (non-hydrogen) atoms. The molecule has 1 atom stereocenters. The van der Waals surface area contributed by atoms with Gasteiger partial charge in [0.15, 0.2) is 0 Å². The molecule has 1 aromatic heterocycles. The van der Waals surface area contributed by atoms with Gasteiger partial charge in [-0.05, 0) is 48.1 Å². The number of rotatable bonds is 6. The molecule has 2 amide bonds. The first-order chi connectivity index (χ1) is 11.5.